The zero-order valence-corrected chi connectivity index (χ0v) is 18.2. The minimum Gasteiger partial charge on any atom is -0.392 e. The van der Waals surface area contributed by atoms with Crippen LogP contribution >= 0.6 is 0 Å². The second-order valence-electron chi connectivity index (χ2n) is 8.50. The Labute approximate surface area is 188 Å². The summed E-state index contributed by atoms with van der Waals surface area (Å²) >= 11 is 0. The Balaban J connectivity index is 0.000000181. The van der Waals surface area contributed by atoms with Crippen LogP contribution in [0.5, 0.6) is 0 Å². The average Bonchev–Trinajstić information content (AvgIpc) is 2.84. The molecule has 2 fully saturated rings. The van der Waals surface area contributed by atoms with Crippen LogP contribution in [0.2, 0.25) is 0 Å². The monoisotopic (exact) mass is 434 g/mol. The number of hydrogen-bond acceptors (Lipinski definition) is 4. The van der Waals surface area contributed by atoms with E-state index in [1.165, 1.54) is 0 Å². The largest absolute Gasteiger partial charge is 0.392 e. The van der Waals surface area contributed by atoms with Crippen LogP contribution in [0.15, 0.2) is 70.9 Å². The minimum absolute atomic E-state index is 0.339. The summed E-state index contributed by atoms with van der Waals surface area (Å²) in [6, 6.07) is 18.7. The lowest BCUT2D eigenvalue weighted by Gasteiger charge is -2.37. The Kier molecular flexibility index (Phi) is 8.14. The van der Waals surface area contributed by atoms with Crippen molar-refractivity contribution in [2.45, 2.75) is 74.7 Å². The second kappa shape index (κ2) is 11.0. The standard InChI is InChI=1S/2C12H15N3O/c13-15-14-12(9-5-4-8-11(12)16)10-6-2-1-3-7-10;13-15-14-11-8-4-5-9-12(11,16)10-6-2-1-3-7-10/h2*1-3,6-7,11,16H,4-5,8-9H2/t2*11-,12-/m00/s1. The van der Waals surface area contributed by atoms with Crippen molar-refractivity contribution in [3.05, 3.63) is 92.7 Å². The van der Waals surface area contributed by atoms with Crippen LogP contribution in [0.1, 0.15) is 62.5 Å². The van der Waals surface area contributed by atoms with E-state index in [4.69, 9.17) is 11.1 Å². The highest BCUT2D eigenvalue weighted by molar-refractivity contribution is 5.27. The first kappa shape index (κ1) is 23.6. The number of hydrogen-bond donors (Lipinski definition) is 2. The second-order valence-corrected chi connectivity index (χ2v) is 8.50. The Bertz CT molecular complexity index is 959. The molecule has 0 heterocycles. The lowest BCUT2D eigenvalue weighted by atomic mass is 9.75. The predicted molar refractivity (Wildman–Crippen MR) is 123 cm³/mol. The van der Waals surface area contributed by atoms with Crippen molar-refractivity contribution in [1.29, 1.82) is 0 Å². The van der Waals surface area contributed by atoms with Crippen molar-refractivity contribution in [2.24, 2.45) is 10.2 Å². The van der Waals surface area contributed by atoms with Crippen LogP contribution in [-0.2, 0) is 11.1 Å². The Morgan fingerprint density at radius 3 is 1.97 bits per heavy atom. The molecule has 0 aliphatic heterocycles. The highest BCUT2D eigenvalue weighted by Gasteiger charge is 2.41. The SMILES string of the molecule is [N-]=[N+]=N[C@H]1CCCC[C@]1(O)c1ccccc1.[N-]=[N+]=N[C@]1(c2ccccc2)CCCC[C@@H]1O. The third-order valence-electron chi connectivity index (χ3n) is 6.64. The van der Waals surface area contributed by atoms with Gasteiger partial charge in [-0.3, -0.25) is 0 Å². The van der Waals surface area contributed by atoms with Crippen molar-refractivity contribution in [2.75, 3.05) is 0 Å². The topological polar surface area (TPSA) is 138 Å². The number of benzene rings is 2. The molecule has 2 N–H and O–H groups in total. The van der Waals surface area contributed by atoms with Gasteiger partial charge in [-0.05, 0) is 47.9 Å². The normalized spacial score (nSPS) is 29.4. The van der Waals surface area contributed by atoms with Crippen LogP contribution in [0.3, 0.4) is 0 Å². The molecule has 0 bridgehead atoms. The quantitative estimate of drug-likeness (QED) is 0.333. The first-order valence-corrected chi connectivity index (χ1v) is 11.2. The third-order valence-corrected chi connectivity index (χ3v) is 6.64. The van der Waals surface area contributed by atoms with Crippen LogP contribution in [0.25, 0.3) is 20.9 Å². The van der Waals surface area contributed by atoms with Crippen LogP contribution < -0.4 is 0 Å². The van der Waals surface area contributed by atoms with Gasteiger partial charge in [0.05, 0.1) is 23.3 Å². The van der Waals surface area contributed by atoms with Crippen molar-refractivity contribution < 1.29 is 10.2 Å². The summed E-state index contributed by atoms with van der Waals surface area (Å²) in [5.41, 5.74) is 17.3. The fourth-order valence-electron chi connectivity index (χ4n) is 4.87. The van der Waals surface area contributed by atoms with E-state index in [1.807, 2.05) is 60.7 Å². The molecule has 0 saturated heterocycles. The molecule has 2 aromatic carbocycles. The van der Waals surface area contributed by atoms with E-state index in [9.17, 15) is 10.2 Å². The molecular weight excluding hydrogens is 404 g/mol. The lowest BCUT2D eigenvalue weighted by Crippen LogP contribution is -2.40. The average molecular weight is 435 g/mol. The number of nitrogens with zero attached hydrogens (tertiary/aromatic N) is 6. The van der Waals surface area contributed by atoms with Gasteiger partial charge in [0.25, 0.3) is 0 Å². The number of rotatable bonds is 4. The van der Waals surface area contributed by atoms with Gasteiger partial charge in [-0.1, -0.05) is 96.6 Å². The molecule has 0 amide bonds. The first-order chi connectivity index (χ1) is 15.6. The zero-order valence-electron chi connectivity index (χ0n) is 18.2. The van der Waals surface area contributed by atoms with Gasteiger partial charge < -0.3 is 10.2 Å². The molecule has 8 heteroatoms. The first-order valence-electron chi connectivity index (χ1n) is 11.2. The lowest BCUT2D eigenvalue weighted by molar-refractivity contribution is -0.0191. The van der Waals surface area contributed by atoms with Gasteiger partial charge in [0, 0.05) is 9.82 Å². The molecule has 0 radical (unpaired) electrons. The smallest absolute Gasteiger partial charge is 0.0996 e. The number of aliphatic hydroxyl groups is 2. The molecule has 32 heavy (non-hydrogen) atoms. The van der Waals surface area contributed by atoms with Crippen LogP contribution in [0, 0.1) is 0 Å². The highest BCUT2D eigenvalue weighted by Crippen LogP contribution is 2.41. The summed E-state index contributed by atoms with van der Waals surface area (Å²) in [6.07, 6.45) is 6.26. The third kappa shape index (κ3) is 5.06. The van der Waals surface area contributed by atoms with Crippen molar-refractivity contribution >= 4 is 0 Å². The van der Waals surface area contributed by atoms with Gasteiger partial charge in [0.2, 0.25) is 0 Å². The van der Waals surface area contributed by atoms with Gasteiger partial charge in [-0.2, -0.15) is 0 Å². The van der Waals surface area contributed by atoms with Gasteiger partial charge in [0.1, 0.15) is 0 Å². The van der Waals surface area contributed by atoms with Gasteiger partial charge in [-0.15, -0.1) is 0 Å². The molecule has 2 aliphatic rings. The maximum Gasteiger partial charge on any atom is 0.0996 e. The Morgan fingerprint density at radius 1 is 0.781 bits per heavy atom. The minimum atomic E-state index is -0.980. The van der Waals surface area contributed by atoms with E-state index < -0.39 is 17.2 Å². The predicted octanol–water partition coefficient (Wildman–Crippen LogP) is 6.25. The molecule has 0 aromatic heterocycles. The van der Waals surface area contributed by atoms with E-state index in [1.54, 1.807) is 0 Å². The molecule has 0 unspecified atom stereocenters. The molecule has 2 aliphatic carbocycles. The molecule has 2 aromatic rings. The van der Waals surface area contributed by atoms with Gasteiger partial charge in [0.15, 0.2) is 0 Å². The summed E-state index contributed by atoms with van der Waals surface area (Å²) < 4.78 is 0. The van der Waals surface area contributed by atoms with E-state index in [0.717, 1.165) is 49.7 Å². The molecule has 8 nitrogen and oxygen atoms in total. The summed E-state index contributed by atoms with van der Waals surface area (Å²) in [5.74, 6) is 0. The summed E-state index contributed by atoms with van der Waals surface area (Å²) in [6.45, 7) is 0. The summed E-state index contributed by atoms with van der Waals surface area (Å²) in [5, 5.41) is 28.4. The number of azide groups is 2. The van der Waals surface area contributed by atoms with Crippen molar-refractivity contribution in [1.82, 2.24) is 0 Å². The van der Waals surface area contributed by atoms with E-state index in [0.29, 0.717) is 12.8 Å². The van der Waals surface area contributed by atoms with Gasteiger partial charge in [-0.25, -0.2) is 0 Å². The summed E-state index contributed by atoms with van der Waals surface area (Å²) in [4.78, 5) is 5.77. The summed E-state index contributed by atoms with van der Waals surface area (Å²) in [7, 11) is 0. The molecule has 168 valence electrons. The Morgan fingerprint density at radius 2 is 1.38 bits per heavy atom. The fraction of sp³-hybridized carbons (Fsp3) is 0.500. The molecule has 4 atom stereocenters. The van der Waals surface area contributed by atoms with E-state index in [2.05, 4.69) is 20.1 Å². The molecular formula is C24H30N6O2. The maximum absolute atomic E-state index is 10.7. The highest BCUT2D eigenvalue weighted by atomic mass is 16.3. The van der Waals surface area contributed by atoms with Crippen molar-refractivity contribution in [3.8, 4) is 0 Å². The molecule has 4 rings (SSSR count). The molecule has 0 spiro atoms. The van der Waals surface area contributed by atoms with Crippen LogP contribution in [0.4, 0.5) is 0 Å². The van der Waals surface area contributed by atoms with E-state index in [-0.39, 0.29) is 6.04 Å². The zero-order chi connectivity index (χ0) is 22.9. The molecule has 2 saturated carbocycles. The maximum atomic E-state index is 10.7. The van der Waals surface area contributed by atoms with Crippen molar-refractivity contribution in [3.63, 3.8) is 0 Å². The van der Waals surface area contributed by atoms with E-state index >= 15 is 0 Å². The van der Waals surface area contributed by atoms with Gasteiger partial charge >= 0.3 is 0 Å². The number of aliphatic hydroxyl groups excluding tert-OH is 1. The fourth-order valence-corrected chi connectivity index (χ4v) is 4.87. The Hall–Kier alpha value is -3.02. The van der Waals surface area contributed by atoms with Crippen LogP contribution in [-0.4, -0.2) is 22.4 Å².